The maximum Gasteiger partial charge on any atom is 0.408 e. The maximum atomic E-state index is 13.2. The third kappa shape index (κ3) is 5.37. The van der Waals surface area contributed by atoms with Crippen molar-refractivity contribution in [3.05, 3.63) is 47.1 Å². The zero-order chi connectivity index (χ0) is 22.2. The molecule has 1 unspecified atom stereocenters. The van der Waals surface area contributed by atoms with Crippen molar-refractivity contribution in [2.24, 2.45) is 17.8 Å². The molecule has 166 valence electrons. The fourth-order valence-corrected chi connectivity index (χ4v) is 4.11. The van der Waals surface area contributed by atoms with Gasteiger partial charge in [-0.2, -0.15) is 0 Å². The molecule has 2 aliphatic carbocycles. The summed E-state index contributed by atoms with van der Waals surface area (Å²) in [5.74, 6) is 0.841. The predicted molar refractivity (Wildman–Crippen MR) is 117 cm³/mol. The van der Waals surface area contributed by atoms with E-state index in [4.69, 9.17) is 4.74 Å². The molecule has 2 saturated carbocycles. The highest BCUT2D eigenvalue weighted by Gasteiger charge is 2.48. The molecule has 2 aliphatic rings. The van der Waals surface area contributed by atoms with E-state index in [9.17, 15) is 14.4 Å². The number of rotatable bonds is 7. The standard InChI is InChI=1S/C23H30N4O4/c1-23(2,3)31-22(30)26-19(18(14-4-5-14)15-6-7-15)20(28)25-16-8-10-17(11-9-16)27-13-12-24-21(27)29/h8-15,18-19H,4-7H2,1-3H3,(H,24,29)(H,25,28)(H,26,30). The van der Waals surface area contributed by atoms with Gasteiger partial charge >= 0.3 is 11.8 Å². The SMILES string of the molecule is CC(C)(C)OC(=O)NC(C(=O)Nc1ccc(-n2cc[nH]c2=O)cc1)C(C1CC1)C1CC1. The van der Waals surface area contributed by atoms with Crippen LogP contribution >= 0.6 is 0 Å². The number of hydrogen-bond donors (Lipinski definition) is 3. The van der Waals surface area contributed by atoms with Crippen molar-refractivity contribution in [1.29, 1.82) is 0 Å². The van der Waals surface area contributed by atoms with E-state index in [1.807, 2.05) is 0 Å². The Bertz CT molecular complexity index is 982. The van der Waals surface area contributed by atoms with Gasteiger partial charge in [-0.05, 0) is 88.5 Å². The molecule has 3 N–H and O–H groups in total. The number of hydrogen-bond acceptors (Lipinski definition) is 4. The zero-order valence-electron chi connectivity index (χ0n) is 18.2. The monoisotopic (exact) mass is 426 g/mol. The van der Waals surface area contributed by atoms with Crippen molar-refractivity contribution < 1.29 is 14.3 Å². The number of imidazole rings is 1. The van der Waals surface area contributed by atoms with E-state index in [0.29, 0.717) is 23.2 Å². The normalized spacial score (nSPS) is 17.3. The number of alkyl carbamates (subject to hydrolysis) is 1. The van der Waals surface area contributed by atoms with Crippen LogP contribution in [0.3, 0.4) is 0 Å². The number of amides is 2. The summed E-state index contributed by atoms with van der Waals surface area (Å²) in [6, 6.07) is 6.39. The number of aromatic amines is 1. The predicted octanol–water partition coefficient (Wildman–Crippen LogP) is 3.43. The summed E-state index contributed by atoms with van der Waals surface area (Å²) >= 11 is 0. The number of H-pyrrole nitrogens is 1. The summed E-state index contributed by atoms with van der Waals surface area (Å²) in [5.41, 5.74) is 0.446. The average Bonchev–Trinajstić information content (AvgIpc) is 3.61. The van der Waals surface area contributed by atoms with Crippen LogP contribution in [-0.4, -0.2) is 33.2 Å². The largest absolute Gasteiger partial charge is 0.444 e. The van der Waals surface area contributed by atoms with Crippen LogP contribution in [0.15, 0.2) is 41.5 Å². The van der Waals surface area contributed by atoms with Crippen molar-refractivity contribution in [2.75, 3.05) is 5.32 Å². The molecule has 0 saturated heterocycles. The molecular formula is C23H30N4O4. The van der Waals surface area contributed by atoms with E-state index < -0.39 is 17.7 Å². The Kier molecular flexibility index (Phi) is 5.64. The first-order chi connectivity index (χ1) is 14.7. The number of aromatic nitrogens is 2. The minimum absolute atomic E-state index is 0.130. The Hall–Kier alpha value is -3.03. The quantitative estimate of drug-likeness (QED) is 0.631. The lowest BCUT2D eigenvalue weighted by Crippen LogP contribution is -2.51. The third-order valence-corrected chi connectivity index (χ3v) is 5.73. The first kappa shape index (κ1) is 21.2. The molecular weight excluding hydrogens is 396 g/mol. The molecule has 2 aromatic rings. The van der Waals surface area contributed by atoms with E-state index in [-0.39, 0.29) is 17.5 Å². The highest BCUT2D eigenvalue weighted by Crippen LogP contribution is 2.50. The van der Waals surface area contributed by atoms with E-state index in [1.165, 1.54) is 4.57 Å². The Balaban J connectivity index is 1.49. The van der Waals surface area contributed by atoms with Gasteiger partial charge in [0.1, 0.15) is 11.6 Å². The number of nitrogens with one attached hydrogen (secondary N) is 3. The number of benzene rings is 1. The molecule has 0 bridgehead atoms. The first-order valence-electron chi connectivity index (χ1n) is 10.9. The number of ether oxygens (including phenoxy) is 1. The number of carbonyl (C=O) groups is 2. The molecule has 1 aromatic carbocycles. The van der Waals surface area contributed by atoms with Gasteiger partial charge in [-0.25, -0.2) is 9.59 Å². The second kappa shape index (κ2) is 8.24. The van der Waals surface area contributed by atoms with Crippen LogP contribution in [-0.2, 0) is 9.53 Å². The fraction of sp³-hybridized carbons (Fsp3) is 0.522. The van der Waals surface area contributed by atoms with Gasteiger partial charge in [-0.15, -0.1) is 0 Å². The number of nitrogens with zero attached hydrogens (tertiary/aromatic N) is 1. The minimum atomic E-state index is -0.637. The summed E-state index contributed by atoms with van der Waals surface area (Å²) in [6.07, 6.45) is 7.04. The van der Waals surface area contributed by atoms with E-state index >= 15 is 0 Å². The van der Waals surface area contributed by atoms with Crippen LogP contribution in [0.2, 0.25) is 0 Å². The third-order valence-electron chi connectivity index (χ3n) is 5.73. The Labute approximate surface area is 181 Å². The summed E-state index contributed by atoms with van der Waals surface area (Å²) in [5, 5.41) is 5.79. The van der Waals surface area contributed by atoms with Crippen molar-refractivity contribution in [1.82, 2.24) is 14.9 Å². The topological polar surface area (TPSA) is 105 Å². The number of anilines is 1. The van der Waals surface area contributed by atoms with Crippen molar-refractivity contribution in [3.8, 4) is 5.69 Å². The Morgan fingerprint density at radius 1 is 1.10 bits per heavy atom. The highest BCUT2D eigenvalue weighted by molar-refractivity contribution is 5.97. The first-order valence-corrected chi connectivity index (χ1v) is 10.9. The summed E-state index contributed by atoms with van der Waals surface area (Å²) < 4.78 is 6.90. The van der Waals surface area contributed by atoms with Gasteiger partial charge in [-0.3, -0.25) is 9.36 Å². The molecule has 0 radical (unpaired) electrons. The van der Waals surface area contributed by atoms with Gasteiger partial charge in [0.05, 0.1) is 5.69 Å². The van der Waals surface area contributed by atoms with E-state index in [0.717, 1.165) is 25.7 Å². The van der Waals surface area contributed by atoms with Gasteiger partial charge in [0.15, 0.2) is 0 Å². The van der Waals surface area contributed by atoms with Crippen LogP contribution in [0.1, 0.15) is 46.5 Å². The molecule has 8 heteroatoms. The average molecular weight is 427 g/mol. The van der Waals surface area contributed by atoms with Crippen molar-refractivity contribution >= 4 is 17.7 Å². The fourth-order valence-electron chi connectivity index (χ4n) is 4.11. The molecule has 2 fully saturated rings. The lowest BCUT2D eigenvalue weighted by atomic mass is 9.88. The molecule has 8 nitrogen and oxygen atoms in total. The van der Waals surface area contributed by atoms with Crippen molar-refractivity contribution in [3.63, 3.8) is 0 Å². The molecule has 4 rings (SSSR count). The summed E-state index contributed by atoms with van der Waals surface area (Å²) in [4.78, 5) is 40.1. The molecule has 1 heterocycles. The molecule has 1 aromatic heterocycles. The van der Waals surface area contributed by atoms with E-state index in [1.54, 1.807) is 57.4 Å². The molecule has 0 spiro atoms. The van der Waals surface area contributed by atoms with Gasteiger partial charge in [-0.1, -0.05) is 0 Å². The van der Waals surface area contributed by atoms with Gasteiger partial charge in [0.25, 0.3) is 0 Å². The highest BCUT2D eigenvalue weighted by atomic mass is 16.6. The minimum Gasteiger partial charge on any atom is -0.444 e. The smallest absolute Gasteiger partial charge is 0.408 e. The van der Waals surface area contributed by atoms with Crippen LogP contribution < -0.4 is 16.3 Å². The molecule has 2 amide bonds. The maximum absolute atomic E-state index is 13.2. The van der Waals surface area contributed by atoms with Gasteiger partial charge in [0.2, 0.25) is 5.91 Å². The second-order valence-electron chi connectivity index (χ2n) is 9.55. The lowest BCUT2D eigenvalue weighted by Gasteiger charge is -2.29. The Morgan fingerprint density at radius 3 is 2.19 bits per heavy atom. The summed E-state index contributed by atoms with van der Waals surface area (Å²) in [7, 11) is 0. The summed E-state index contributed by atoms with van der Waals surface area (Å²) in [6.45, 7) is 5.41. The van der Waals surface area contributed by atoms with Crippen molar-refractivity contribution in [2.45, 2.75) is 58.1 Å². The van der Waals surface area contributed by atoms with Crippen LogP contribution in [0.4, 0.5) is 10.5 Å². The van der Waals surface area contributed by atoms with Crippen LogP contribution in [0.25, 0.3) is 5.69 Å². The number of carbonyl (C=O) groups excluding carboxylic acids is 2. The van der Waals surface area contributed by atoms with Gasteiger partial charge < -0.3 is 20.4 Å². The van der Waals surface area contributed by atoms with E-state index in [2.05, 4.69) is 15.6 Å². The molecule has 31 heavy (non-hydrogen) atoms. The lowest BCUT2D eigenvalue weighted by molar-refractivity contribution is -0.120. The van der Waals surface area contributed by atoms with Crippen LogP contribution in [0.5, 0.6) is 0 Å². The van der Waals surface area contributed by atoms with Gasteiger partial charge in [0, 0.05) is 18.1 Å². The molecule has 1 atom stereocenters. The zero-order valence-corrected chi connectivity index (χ0v) is 18.2. The molecule has 0 aliphatic heterocycles. The Morgan fingerprint density at radius 2 is 1.71 bits per heavy atom. The van der Waals surface area contributed by atoms with Crippen LogP contribution in [0, 0.1) is 17.8 Å². The second-order valence-corrected chi connectivity index (χ2v) is 9.55.